The molecule has 6 nitrogen and oxygen atoms in total. The molecule has 6 heteroatoms. The predicted molar refractivity (Wildman–Crippen MR) is 110 cm³/mol. The smallest absolute Gasteiger partial charge is 0.239 e. The predicted octanol–water partition coefficient (Wildman–Crippen LogP) is 3.72. The minimum Gasteiger partial charge on any atom is -0.489 e. The molecule has 0 atom stereocenters. The summed E-state index contributed by atoms with van der Waals surface area (Å²) in [5.41, 5.74) is 2.94. The molecule has 29 heavy (non-hydrogen) atoms. The Balaban J connectivity index is 1.20. The van der Waals surface area contributed by atoms with Crippen molar-refractivity contribution < 1.29 is 19.0 Å². The van der Waals surface area contributed by atoms with Crippen LogP contribution in [0, 0.1) is 0 Å². The fraction of sp³-hybridized carbons (Fsp3) is 0.174. The minimum absolute atomic E-state index is 0.0907. The van der Waals surface area contributed by atoms with Gasteiger partial charge in [-0.3, -0.25) is 4.79 Å². The molecule has 0 aliphatic carbocycles. The number of benzene rings is 3. The third kappa shape index (κ3) is 5.19. The van der Waals surface area contributed by atoms with Crippen LogP contribution in [-0.4, -0.2) is 19.2 Å². The van der Waals surface area contributed by atoms with E-state index in [-0.39, 0.29) is 19.2 Å². The third-order valence-corrected chi connectivity index (χ3v) is 4.48. The van der Waals surface area contributed by atoms with Gasteiger partial charge in [0.2, 0.25) is 12.7 Å². The van der Waals surface area contributed by atoms with Crippen LogP contribution in [0.3, 0.4) is 0 Å². The van der Waals surface area contributed by atoms with E-state index in [1.54, 1.807) is 0 Å². The van der Waals surface area contributed by atoms with Crippen molar-refractivity contribution in [1.29, 1.82) is 0 Å². The van der Waals surface area contributed by atoms with Crippen LogP contribution in [0.2, 0.25) is 0 Å². The first kappa shape index (κ1) is 18.7. The van der Waals surface area contributed by atoms with Gasteiger partial charge in [-0.15, -0.1) is 0 Å². The molecule has 1 heterocycles. The Morgan fingerprint density at radius 2 is 1.69 bits per heavy atom. The van der Waals surface area contributed by atoms with Gasteiger partial charge in [0.1, 0.15) is 12.4 Å². The summed E-state index contributed by atoms with van der Waals surface area (Å²) in [7, 11) is 0. The van der Waals surface area contributed by atoms with Crippen LogP contribution >= 0.6 is 0 Å². The van der Waals surface area contributed by atoms with Gasteiger partial charge in [-0.25, -0.2) is 0 Å². The number of rotatable bonds is 8. The molecular weight excluding hydrogens is 368 g/mol. The van der Waals surface area contributed by atoms with Crippen LogP contribution < -0.4 is 24.8 Å². The van der Waals surface area contributed by atoms with Crippen LogP contribution in [0.4, 0.5) is 5.69 Å². The Morgan fingerprint density at radius 1 is 0.897 bits per heavy atom. The van der Waals surface area contributed by atoms with E-state index in [2.05, 4.69) is 10.6 Å². The highest BCUT2D eigenvalue weighted by Crippen LogP contribution is 2.32. The van der Waals surface area contributed by atoms with E-state index in [0.717, 1.165) is 28.3 Å². The molecule has 0 bridgehead atoms. The summed E-state index contributed by atoms with van der Waals surface area (Å²) in [6.07, 6.45) is 0. The summed E-state index contributed by atoms with van der Waals surface area (Å²) in [5.74, 6) is 2.14. The normalized spacial score (nSPS) is 11.7. The molecule has 148 valence electrons. The van der Waals surface area contributed by atoms with Crippen molar-refractivity contribution >= 4 is 11.6 Å². The SMILES string of the molecule is O=C(CNc1ccc(OCc2ccccc2)cc1)NCc1ccc2c(c1)OCO2. The molecule has 0 spiro atoms. The fourth-order valence-electron chi connectivity index (χ4n) is 2.91. The van der Waals surface area contributed by atoms with E-state index in [9.17, 15) is 4.79 Å². The second-order valence-electron chi connectivity index (χ2n) is 6.62. The highest BCUT2D eigenvalue weighted by atomic mass is 16.7. The van der Waals surface area contributed by atoms with Crippen LogP contribution in [-0.2, 0) is 17.9 Å². The first-order valence-corrected chi connectivity index (χ1v) is 9.42. The summed E-state index contributed by atoms with van der Waals surface area (Å²) < 4.78 is 16.4. The third-order valence-electron chi connectivity index (χ3n) is 4.48. The second kappa shape index (κ2) is 9.01. The first-order valence-electron chi connectivity index (χ1n) is 9.42. The highest BCUT2D eigenvalue weighted by Gasteiger charge is 2.13. The molecule has 0 unspecified atom stereocenters. The van der Waals surface area contributed by atoms with Gasteiger partial charge in [-0.2, -0.15) is 0 Å². The molecule has 0 radical (unpaired) electrons. The van der Waals surface area contributed by atoms with Gasteiger partial charge >= 0.3 is 0 Å². The Hall–Kier alpha value is -3.67. The Kier molecular flexibility index (Phi) is 5.81. The number of hydrogen-bond donors (Lipinski definition) is 2. The van der Waals surface area contributed by atoms with Crippen molar-refractivity contribution in [3.8, 4) is 17.2 Å². The van der Waals surface area contributed by atoms with Crippen LogP contribution in [0.5, 0.6) is 17.2 Å². The lowest BCUT2D eigenvalue weighted by molar-refractivity contribution is -0.119. The van der Waals surface area contributed by atoms with Gasteiger partial charge in [0.25, 0.3) is 0 Å². The highest BCUT2D eigenvalue weighted by molar-refractivity contribution is 5.80. The summed E-state index contributed by atoms with van der Waals surface area (Å²) in [4.78, 5) is 12.1. The maximum atomic E-state index is 12.1. The zero-order chi connectivity index (χ0) is 19.9. The molecule has 1 amide bonds. The number of carbonyl (C=O) groups excluding carboxylic acids is 1. The summed E-state index contributed by atoms with van der Waals surface area (Å²) >= 11 is 0. The van der Waals surface area contributed by atoms with Crippen molar-refractivity contribution in [3.63, 3.8) is 0 Å². The topological polar surface area (TPSA) is 68.8 Å². The van der Waals surface area contributed by atoms with E-state index in [1.165, 1.54) is 0 Å². The molecule has 2 N–H and O–H groups in total. The average Bonchev–Trinajstić information content (AvgIpc) is 3.24. The largest absolute Gasteiger partial charge is 0.489 e. The van der Waals surface area contributed by atoms with Gasteiger partial charge in [0.15, 0.2) is 11.5 Å². The van der Waals surface area contributed by atoms with E-state index >= 15 is 0 Å². The monoisotopic (exact) mass is 390 g/mol. The number of carbonyl (C=O) groups is 1. The quantitative estimate of drug-likeness (QED) is 0.614. The summed E-state index contributed by atoms with van der Waals surface area (Å²) in [6.45, 7) is 1.39. The standard InChI is InChI=1S/C23H22N2O4/c26-23(25-13-18-6-11-21-22(12-18)29-16-28-21)14-24-19-7-9-20(10-8-19)27-15-17-4-2-1-3-5-17/h1-12,24H,13-16H2,(H,25,26). The van der Waals surface area contributed by atoms with Gasteiger partial charge in [-0.05, 0) is 47.5 Å². The van der Waals surface area contributed by atoms with Gasteiger partial charge in [0, 0.05) is 12.2 Å². The van der Waals surface area contributed by atoms with Crippen molar-refractivity contribution in [2.24, 2.45) is 0 Å². The lowest BCUT2D eigenvalue weighted by Gasteiger charge is -2.10. The molecule has 0 saturated carbocycles. The number of hydrogen-bond acceptors (Lipinski definition) is 5. The fourth-order valence-corrected chi connectivity index (χ4v) is 2.91. The maximum Gasteiger partial charge on any atom is 0.239 e. The molecule has 0 fully saturated rings. The molecule has 0 aromatic heterocycles. The Bertz CT molecular complexity index is 958. The second-order valence-corrected chi connectivity index (χ2v) is 6.62. The molecule has 0 saturated heterocycles. The number of fused-ring (bicyclic) bond motifs is 1. The molecule has 4 rings (SSSR count). The number of nitrogens with one attached hydrogen (secondary N) is 2. The van der Waals surface area contributed by atoms with E-state index < -0.39 is 0 Å². The first-order chi connectivity index (χ1) is 14.3. The van der Waals surface area contributed by atoms with Gasteiger partial charge < -0.3 is 24.8 Å². The van der Waals surface area contributed by atoms with Gasteiger partial charge in [0.05, 0.1) is 6.54 Å². The van der Waals surface area contributed by atoms with Gasteiger partial charge in [-0.1, -0.05) is 36.4 Å². The van der Waals surface area contributed by atoms with Crippen LogP contribution in [0.15, 0.2) is 72.8 Å². The lowest BCUT2D eigenvalue weighted by Crippen LogP contribution is -2.29. The molecule has 1 aliphatic rings. The van der Waals surface area contributed by atoms with E-state index in [1.807, 2.05) is 72.8 Å². The Labute approximate surface area is 169 Å². The molecule has 1 aliphatic heterocycles. The number of anilines is 1. The molecular formula is C23H22N2O4. The van der Waals surface area contributed by atoms with E-state index in [4.69, 9.17) is 14.2 Å². The van der Waals surface area contributed by atoms with Crippen LogP contribution in [0.25, 0.3) is 0 Å². The maximum absolute atomic E-state index is 12.1. The van der Waals surface area contributed by atoms with E-state index in [0.29, 0.717) is 18.9 Å². The average molecular weight is 390 g/mol. The van der Waals surface area contributed by atoms with Crippen molar-refractivity contribution in [2.45, 2.75) is 13.2 Å². The zero-order valence-corrected chi connectivity index (χ0v) is 15.9. The van der Waals surface area contributed by atoms with Crippen LogP contribution in [0.1, 0.15) is 11.1 Å². The Morgan fingerprint density at radius 3 is 2.52 bits per heavy atom. The summed E-state index contributed by atoms with van der Waals surface area (Å²) in [5, 5.41) is 6.00. The van der Waals surface area contributed by atoms with Crippen molar-refractivity contribution in [3.05, 3.63) is 83.9 Å². The van der Waals surface area contributed by atoms with Crippen molar-refractivity contribution in [1.82, 2.24) is 5.32 Å². The number of ether oxygens (including phenoxy) is 3. The molecule has 3 aromatic rings. The minimum atomic E-state index is -0.0907. The number of amides is 1. The lowest BCUT2D eigenvalue weighted by atomic mass is 10.2. The zero-order valence-electron chi connectivity index (χ0n) is 15.9. The van der Waals surface area contributed by atoms with Crippen molar-refractivity contribution in [2.75, 3.05) is 18.7 Å². The summed E-state index contributed by atoms with van der Waals surface area (Å²) in [6, 6.07) is 23.2. The molecule has 3 aromatic carbocycles.